The lowest BCUT2D eigenvalue weighted by atomic mass is 10.2. The molecule has 7 nitrogen and oxygen atoms in total. The van der Waals surface area contributed by atoms with Crippen LogP contribution in [0.1, 0.15) is 36.0 Å². The third-order valence-corrected chi connectivity index (χ3v) is 5.14. The van der Waals surface area contributed by atoms with Crippen LogP contribution < -0.4 is 14.2 Å². The Balaban J connectivity index is 2.08. The summed E-state index contributed by atoms with van der Waals surface area (Å²) in [7, 11) is 1.64. The number of nitrogens with zero attached hydrogens (tertiary/aromatic N) is 1. The second-order valence-electron chi connectivity index (χ2n) is 6.13. The molecule has 0 unspecified atom stereocenters. The number of ether oxygens (including phenoxy) is 4. The fourth-order valence-electron chi connectivity index (χ4n) is 2.59. The maximum Gasteiger partial charge on any atom is 0.338 e. The van der Waals surface area contributed by atoms with Gasteiger partial charge in [-0.05, 0) is 45.0 Å². The van der Waals surface area contributed by atoms with Crippen LogP contribution in [-0.2, 0) is 16.1 Å². The van der Waals surface area contributed by atoms with E-state index in [1.165, 1.54) is 28.4 Å². The van der Waals surface area contributed by atoms with Gasteiger partial charge in [-0.3, -0.25) is 4.79 Å². The van der Waals surface area contributed by atoms with Crippen LogP contribution in [0.2, 0.25) is 4.34 Å². The van der Waals surface area contributed by atoms with Crippen molar-refractivity contribution in [2.45, 2.75) is 27.3 Å². The molecule has 0 atom stereocenters. The maximum absolute atomic E-state index is 12.6. The molecule has 0 bridgehead atoms. The largest absolute Gasteiger partial charge is 0.490 e. The number of rotatable bonds is 11. The van der Waals surface area contributed by atoms with Crippen LogP contribution in [0, 0.1) is 0 Å². The van der Waals surface area contributed by atoms with E-state index >= 15 is 0 Å². The van der Waals surface area contributed by atoms with E-state index in [1.807, 2.05) is 26.8 Å². The zero-order valence-corrected chi connectivity index (χ0v) is 19.1. The molecule has 0 aliphatic heterocycles. The van der Waals surface area contributed by atoms with Crippen LogP contribution in [0.5, 0.6) is 17.2 Å². The number of esters is 1. The average Bonchev–Trinajstić information content (AvgIpc) is 3.12. The van der Waals surface area contributed by atoms with Crippen LogP contribution in [0.3, 0.4) is 0 Å². The Labute approximate surface area is 185 Å². The molecule has 1 heterocycles. The predicted molar refractivity (Wildman–Crippen MR) is 116 cm³/mol. The van der Waals surface area contributed by atoms with Gasteiger partial charge in [0, 0.05) is 11.9 Å². The molecule has 0 saturated heterocycles. The summed E-state index contributed by atoms with van der Waals surface area (Å²) in [6.07, 6.45) is 0. The molecule has 1 amide bonds. The quantitative estimate of drug-likeness (QED) is 0.467. The number of amides is 1. The number of thiophene rings is 1. The Bertz CT molecular complexity index is 842. The summed E-state index contributed by atoms with van der Waals surface area (Å²) in [5, 5.41) is 0. The van der Waals surface area contributed by atoms with E-state index in [1.54, 1.807) is 13.1 Å². The van der Waals surface area contributed by atoms with Crippen molar-refractivity contribution in [2.24, 2.45) is 0 Å². The predicted octanol–water partition coefficient (Wildman–Crippen LogP) is 4.41. The second kappa shape index (κ2) is 11.7. The van der Waals surface area contributed by atoms with E-state index in [2.05, 4.69) is 0 Å². The Morgan fingerprint density at radius 1 is 1.00 bits per heavy atom. The lowest BCUT2D eigenvalue weighted by Crippen LogP contribution is -2.30. The van der Waals surface area contributed by atoms with Gasteiger partial charge >= 0.3 is 5.97 Å². The van der Waals surface area contributed by atoms with Crippen molar-refractivity contribution < 1.29 is 28.5 Å². The highest BCUT2D eigenvalue weighted by Gasteiger charge is 2.20. The Morgan fingerprint density at radius 2 is 1.60 bits per heavy atom. The molecule has 0 fully saturated rings. The summed E-state index contributed by atoms with van der Waals surface area (Å²) in [6, 6.07) is 6.69. The first-order chi connectivity index (χ1) is 14.4. The SMILES string of the molecule is CCOc1cc(C(=O)OCC(=O)N(C)Cc2ccc(Cl)s2)cc(OCC)c1OCC. The standard InChI is InChI=1S/C21H26ClNO6S/c1-5-26-16-10-14(11-17(27-6-2)20(16)28-7-3)21(25)29-13-19(24)23(4)12-15-8-9-18(22)30-15/h8-11H,5-7,12-13H2,1-4H3. The fourth-order valence-corrected chi connectivity index (χ4v) is 3.73. The lowest BCUT2D eigenvalue weighted by Gasteiger charge is -2.18. The van der Waals surface area contributed by atoms with Crippen LogP contribution >= 0.6 is 22.9 Å². The third kappa shape index (κ3) is 6.53. The van der Waals surface area contributed by atoms with E-state index in [0.717, 1.165) is 4.88 Å². The summed E-state index contributed by atoms with van der Waals surface area (Å²) in [5.41, 5.74) is 0.214. The van der Waals surface area contributed by atoms with Gasteiger partial charge in [-0.15, -0.1) is 11.3 Å². The molecule has 9 heteroatoms. The highest BCUT2D eigenvalue weighted by Crippen LogP contribution is 2.39. The van der Waals surface area contributed by atoms with Crippen molar-refractivity contribution in [3.63, 3.8) is 0 Å². The first-order valence-corrected chi connectivity index (χ1v) is 10.8. The number of likely N-dealkylation sites (N-methyl/N-ethyl adjacent to an activating group) is 1. The van der Waals surface area contributed by atoms with Gasteiger partial charge in [0.1, 0.15) is 0 Å². The Hall–Kier alpha value is -2.45. The fraction of sp³-hybridized carbons (Fsp3) is 0.429. The van der Waals surface area contributed by atoms with Gasteiger partial charge < -0.3 is 23.8 Å². The minimum absolute atomic E-state index is 0.214. The van der Waals surface area contributed by atoms with Crippen LogP contribution in [-0.4, -0.2) is 50.3 Å². The van der Waals surface area contributed by atoms with Gasteiger partial charge in [0.15, 0.2) is 18.1 Å². The topological polar surface area (TPSA) is 74.3 Å². The van der Waals surface area contributed by atoms with Gasteiger partial charge in [-0.2, -0.15) is 0 Å². The highest BCUT2D eigenvalue weighted by molar-refractivity contribution is 7.16. The molecule has 0 N–H and O–H groups in total. The normalized spacial score (nSPS) is 10.4. The van der Waals surface area contributed by atoms with E-state index in [9.17, 15) is 9.59 Å². The van der Waals surface area contributed by atoms with Crippen LogP contribution in [0.25, 0.3) is 0 Å². The molecule has 164 valence electrons. The van der Waals surface area contributed by atoms with Gasteiger partial charge in [0.05, 0.1) is 36.3 Å². The minimum Gasteiger partial charge on any atom is -0.490 e. The van der Waals surface area contributed by atoms with Crippen molar-refractivity contribution in [1.82, 2.24) is 4.90 Å². The molecule has 0 saturated carbocycles. The number of halogens is 1. The number of hydrogen-bond acceptors (Lipinski definition) is 7. The molecule has 1 aromatic carbocycles. The number of hydrogen-bond donors (Lipinski definition) is 0. The van der Waals surface area contributed by atoms with Crippen molar-refractivity contribution in [2.75, 3.05) is 33.5 Å². The smallest absolute Gasteiger partial charge is 0.338 e. The lowest BCUT2D eigenvalue weighted by molar-refractivity contribution is -0.133. The summed E-state index contributed by atoms with van der Waals surface area (Å²) in [6.45, 7) is 6.71. The maximum atomic E-state index is 12.6. The zero-order chi connectivity index (χ0) is 22.1. The first-order valence-electron chi connectivity index (χ1n) is 9.61. The molecule has 0 radical (unpaired) electrons. The summed E-state index contributed by atoms with van der Waals surface area (Å²) in [5.74, 6) is 0.225. The summed E-state index contributed by atoms with van der Waals surface area (Å²) < 4.78 is 22.7. The highest BCUT2D eigenvalue weighted by atomic mass is 35.5. The van der Waals surface area contributed by atoms with Gasteiger partial charge in [0.25, 0.3) is 5.91 Å². The van der Waals surface area contributed by atoms with Crippen molar-refractivity contribution in [3.8, 4) is 17.2 Å². The molecule has 0 spiro atoms. The number of carbonyl (C=O) groups is 2. The van der Waals surface area contributed by atoms with E-state index in [4.69, 9.17) is 30.5 Å². The van der Waals surface area contributed by atoms with Crippen molar-refractivity contribution in [1.29, 1.82) is 0 Å². The Morgan fingerprint density at radius 3 is 2.10 bits per heavy atom. The Kier molecular flexibility index (Phi) is 9.26. The molecule has 0 aliphatic carbocycles. The van der Waals surface area contributed by atoms with Crippen LogP contribution in [0.4, 0.5) is 0 Å². The third-order valence-electron chi connectivity index (χ3n) is 3.92. The number of benzene rings is 1. The van der Waals surface area contributed by atoms with Gasteiger partial charge in [-0.1, -0.05) is 11.6 Å². The molecule has 0 aliphatic rings. The number of carbonyl (C=O) groups excluding carboxylic acids is 2. The molecule has 1 aromatic heterocycles. The molecular weight excluding hydrogens is 430 g/mol. The van der Waals surface area contributed by atoms with Crippen LogP contribution in [0.15, 0.2) is 24.3 Å². The van der Waals surface area contributed by atoms with Crippen molar-refractivity contribution in [3.05, 3.63) is 39.0 Å². The van der Waals surface area contributed by atoms with E-state index in [-0.39, 0.29) is 18.1 Å². The second-order valence-corrected chi connectivity index (χ2v) is 7.93. The van der Waals surface area contributed by atoms with Gasteiger partial charge in [0.2, 0.25) is 5.75 Å². The zero-order valence-electron chi connectivity index (χ0n) is 17.5. The van der Waals surface area contributed by atoms with Crippen molar-refractivity contribution >= 4 is 34.8 Å². The summed E-state index contributed by atoms with van der Waals surface area (Å²) in [4.78, 5) is 27.3. The molecule has 2 aromatic rings. The summed E-state index contributed by atoms with van der Waals surface area (Å²) >= 11 is 7.31. The molecule has 30 heavy (non-hydrogen) atoms. The first kappa shape index (κ1) is 23.8. The molecule has 2 rings (SSSR count). The monoisotopic (exact) mass is 455 g/mol. The molecular formula is C21H26ClNO6S. The minimum atomic E-state index is -0.652. The average molecular weight is 456 g/mol. The van der Waals surface area contributed by atoms with E-state index in [0.29, 0.717) is 48.0 Å². The van der Waals surface area contributed by atoms with Gasteiger partial charge in [-0.25, -0.2) is 4.79 Å². The van der Waals surface area contributed by atoms with E-state index < -0.39 is 5.97 Å².